The van der Waals surface area contributed by atoms with E-state index in [1.807, 2.05) is 0 Å². The van der Waals surface area contributed by atoms with Gasteiger partial charge in [0.1, 0.15) is 0 Å². The molecule has 64 heavy (non-hydrogen) atoms. The molecule has 0 saturated heterocycles. The molecular formula is C46H46F12N4O2. The fraction of sp³-hybridized carbons (Fsp3) is 0.435. The summed E-state index contributed by atoms with van der Waals surface area (Å²) in [6, 6.07) is -1.23. The van der Waals surface area contributed by atoms with Crippen molar-refractivity contribution in [2.24, 2.45) is 42.1 Å². The number of hydrogen-bond acceptors (Lipinski definition) is 6. The third-order valence-electron chi connectivity index (χ3n) is 9.98. The van der Waals surface area contributed by atoms with Gasteiger partial charge in [-0.15, -0.1) is 0 Å². The second-order valence-corrected chi connectivity index (χ2v) is 19.4. The summed E-state index contributed by atoms with van der Waals surface area (Å²) in [5.74, 6) is -0.645. The summed E-state index contributed by atoms with van der Waals surface area (Å²) in [5, 5.41) is 13.8. The maximum Gasteiger partial charge on any atom is 0.418 e. The average Bonchev–Trinajstić information content (AvgIpc) is 3.08. The molecule has 0 radical (unpaired) electrons. The number of azo groups is 2. The third-order valence-corrected chi connectivity index (χ3v) is 9.98. The zero-order valence-electron chi connectivity index (χ0n) is 36.9. The average molecular weight is 915 g/mol. The van der Waals surface area contributed by atoms with Crippen molar-refractivity contribution in [3.63, 3.8) is 0 Å². The minimum atomic E-state index is -5.76. The lowest BCUT2D eigenvalue weighted by Crippen LogP contribution is -2.27. The molecule has 0 fully saturated rings. The van der Waals surface area contributed by atoms with Gasteiger partial charge in [-0.3, -0.25) is 9.59 Å². The summed E-state index contributed by atoms with van der Waals surface area (Å²) in [4.78, 5) is 26.5. The number of Topliss-reactive ketones (excluding diaryl/α,β-unsaturated/α-hetero) is 2. The molecule has 2 aliphatic carbocycles. The number of alkyl halides is 12. The SMILES string of the molecule is CC(C)(C)C1=CC(=C/N=N/c2cc(C(F)(F)F)c(-c3cc(C(F)(F)F)c(/N=N/C=C4C=C(C(C)(C)C)C(=O)C(C(C)(C)C)=C4)cc3C(F)(F)F)cc2C(F)(F)F)C=C(C(C)(C)C)C1=O. The number of allylic oxidation sites excluding steroid dienone is 10. The van der Waals surface area contributed by atoms with Crippen LogP contribution in [0.3, 0.4) is 0 Å². The van der Waals surface area contributed by atoms with Crippen LogP contribution in [0.1, 0.15) is 105 Å². The summed E-state index contributed by atoms with van der Waals surface area (Å²) in [5.41, 5.74) is -16.9. The zero-order chi connectivity index (χ0) is 49.1. The first-order chi connectivity index (χ1) is 28.6. The first-order valence-corrected chi connectivity index (χ1v) is 19.5. The Kier molecular flexibility index (Phi) is 13.5. The smallest absolute Gasteiger partial charge is 0.289 e. The topological polar surface area (TPSA) is 83.6 Å². The maximum atomic E-state index is 14.7. The molecule has 0 heterocycles. The quantitative estimate of drug-likeness (QED) is 0.221. The van der Waals surface area contributed by atoms with Crippen LogP contribution in [0.4, 0.5) is 64.1 Å². The second-order valence-electron chi connectivity index (χ2n) is 19.4. The fourth-order valence-electron chi connectivity index (χ4n) is 6.71. The number of nitrogens with zero attached hydrogens (tertiary/aromatic N) is 4. The van der Waals surface area contributed by atoms with Gasteiger partial charge in [-0.05, 0) is 92.5 Å². The molecule has 0 saturated carbocycles. The largest absolute Gasteiger partial charge is 0.418 e. The highest BCUT2D eigenvalue weighted by Gasteiger charge is 2.45. The van der Waals surface area contributed by atoms with Crippen LogP contribution in [0, 0.1) is 21.7 Å². The van der Waals surface area contributed by atoms with E-state index in [1.165, 1.54) is 24.3 Å². The first-order valence-electron chi connectivity index (χ1n) is 19.5. The van der Waals surface area contributed by atoms with Crippen molar-refractivity contribution in [2.75, 3.05) is 0 Å². The van der Waals surface area contributed by atoms with Crippen LogP contribution in [0.5, 0.6) is 0 Å². The van der Waals surface area contributed by atoms with Gasteiger partial charge in [-0.1, -0.05) is 83.1 Å². The van der Waals surface area contributed by atoms with E-state index in [4.69, 9.17) is 0 Å². The zero-order valence-corrected chi connectivity index (χ0v) is 36.9. The van der Waals surface area contributed by atoms with Crippen molar-refractivity contribution < 1.29 is 62.3 Å². The van der Waals surface area contributed by atoms with Crippen molar-refractivity contribution in [1.82, 2.24) is 0 Å². The monoisotopic (exact) mass is 914 g/mol. The summed E-state index contributed by atoms with van der Waals surface area (Å²) >= 11 is 0. The molecule has 0 aromatic heterocycles. The van der Waals surface area contributed by atoms with Gasteiger partial charge in [0.05, 0.1) is 46.0 Å². The Morgan fingerprint density at radius 1 is 0.375 bits per heavy atom. The van der Waals surface area contributed by atoms with Gasteiger partial charge in [-0.2, -0.15) is 73.1 Å². The standard InChI is InChI=1S/C46H46F12N4O2/c1-39(2,3)31-13-23(14-32(37(31)63)40(4,5)6)21-59-61-35-19-27(43(47,48)49)25(17-29(35)45(53,54)55)26-18-30(46(56,57)58)36(20-28(26)44(50,51)52)62-60-22-24-15-33(41(7,8)9)38(64)34(16-24)42(10,11)12/h13-22H,1-12H3/b61-59+,62-60+. The molecule has 0 amide bonds. The highest BCUT2D eigenvalue weighted by Crippen LogP contribution is 2.51. The molecule has 4 rings (SSSR count). The van der Waals surface area contributed by atoms with Gasteiger partial charge in [0, 0.05) is 22.3 Å². The summed E-state index contributed by atoms with van der Waals surface area (Å²) in [6.45, 7) is 20.6. The lowest BCUT2D eigenvalue weighted by Gasteiger charge is -2.31. The van der Waals surface area contributed by atoms with E-state index in [-0.39, 0.29) is 69.3 Å². The predicted octanol–water partition coefficient (Wildman–Crippen LogP) is 16.4. The van der Waals surface area contributed by atoms with Crippen molar-refractivity contribution in [3.05, 3.63) is 117 Å². The van der Waals surface area contributed by atoms with Crippen LogP contribution in [-0.4, -0.2) is 11.6 Å². The van der Waals surface area contributed by atoms with E-state index in [2.05, 4.69) is 20.5 Å². The van der Waals surface area contributed by atoms with Crippen LogP contribution in [0.2, 0.25) is 0 Å². The Morgan fingerprint density at radius 3 is 0.812 bits per heavy atom. The maximum absolute atomic E-state index is 14.7. The Morgan fingerprint density at radius 2 is 0.609 bits per heavy atom. The van der Waals surface area contributed by atoms with Gasteiger partial charge < -0.3 is 0 Å². The van der Waals surface area contributed by atoms with Crippen molar-refractivity contribution in [3.8, 4) is 11.1 Å². The number of rotatable bonds is 5. The summed E-state index contributed by atoms with van der Waals surface area (Å²) in [6.07, 6.45) is -15.5. The lowest BCUT2D eigenvalue weighted by molar-refractivity contribution is -0.141. The molecule has 2 aromatic rings. The van der Waals surface area contributed by atoms with Crippen LogP contribution in [-0.2, 0) is 34.3 Å². The molecule has 0 spiro atoms. The summed E-state index contributed by atoms with van der Waals surface area (Å²) < 4.78 is 176. The fourth-order valence-corrected chi connectivity index (χ4v) is 6.71. The Hall–Kier alpha value is -5.42. The molecule has 2 aromatic carbocycles. The van der Waals surface area contributed by atoms with Gasteiger partial charge in [0.15, 0.2) is 11.6 Å². The second kappa shape index (κ2) is 16.9. The number of carbonyl (C=O) groups excluding carboxylic acids is 2. The molecule has 0 aliphatic heterocycles. The highest BCUT2D eigenvalue weighted by atomic mass is 19.4. The Labute approximate surface area is 362 Å². The van der Waals surface area contributed by atoms with Crippen LogP contribution >= 0.6 is 0 Å². The van der Waals surface area contributed by atoms with Crippen LogP contribution in [0.15, 0.2) is 115 Å². The van der Waals surface area contributed by atoms with Gasteiger partial charge >= 0.3 is 24.7 Å². The lowest BCUT2D eigenvalue weighted by atomic mass is 9.72. The number of benzene rings is 2. The highest BCUT2D eigenvalue weighted by molar-refractivity contribution is 6.12. The Balaban J connectivity index is 2.01. The number of ketones is 2. The first kappa shape index (κ1) is 51.2. The number of halogens is 12. The third kappa shape index (κ3) is 11.6. The Bertz CT molecular complexity index is 2250. The normalized spacial score (nSPS) is 16.7. The molecule has 0 bridgehead atoms. The molecule has 6 nitrogen and oxygen atoms in total. The van der Waals surface area contributed by atoms with E-state index in [1.54, 1.807) is 83.1 Å². The van der Waals surface area contributed by atoms with Crippen molar-refractivity contribution in [2.45, 2.75) is 108 Å². The number of hydrogen-bond donors (Lipinski definition) is 0. The van der Waals surface area contributed by atoms with E-state index in [0.29, 0.717) is 0 Å². The molecular weight excluding hydrogens is 869 g/mol. The van der Waals surface area contributed by atoms with Crippen molar-refractivity contribution in [1.29, 1.82) is 0 Å². The van der Waals surface area contributed by atoms with Crippen molar-refractivity contribution >= 4 is 22.9 Å². The van der Waals surface area contributed by atoms with E-state index in [0.717, 1.165) is 12.4 Å². The minimum Gasteiger partial charge on any atom is -0.289 e. The molecule has 18 heteroatoms. The predicted molar refractivity (Wildman–Crippen MR) is 217 cm³/mol. The van der Waals surface area contributed by atoms with Crippen LogP contribution < -0.4 is 0 Å². The molecule has 2 aliphatic rings. The van der Waals surface area contributed by atoms with E-state index in [9.17, 15) is 62.3 Å². The van der Waals surface area contributed by atoms with Gasteiger partial charge in [-0.25, -0.2) is 0 Å². The molecule has 0 N–H and O–H groups in total. The molecule has 0 atom stereocenters. The van der Waals surface area contributed by atoms with Gasteiger partial charge in [0.2, 0.25) is 0 Å². The molecule has 0 unspecified atom stereocenters. The molecule has 346 valence electrons. The minimum absolute atomic E-state index is 0.133. The number of carbonyl (C=O) groups is 2. The van der Waals surface area contributed by atoms with Crippen LogP contribution in [0.25, 0.3) is 11.1 Å². The summed E-state index contributed by atoms with van der Waals surface area (Å²) in [7, 11) is 0. The van der Waals surface area contributed by atoms with E-state index < -0.39 is 91.1 Å². The van der Waals surface area contributed by atoms with Gasteiger partial charge in [0.25, 0.3) is 0 Å². The van der Waals surface area contributed by atoms with E-state index >= 15 is 0 Å².